The summed E-state index contributed by atoms with van der Waals surface area (Å²) in [6, 6.07) is 4.66. The molecule has 9 heteroatoms. The first-order valence-corrected chi connectivity index (χ1v) is 8.89. The van der Waals surface area contributed by atoms with Gasteiger partial charge in [0.25, 0.3) is 5.91 Å². The van der Waals surface area contributed by atoms with Crippen molar-refractivity contribution in [3.8, 4) is 5.88 Å². The van der Waals surface area contributed by atoms with Crippen LogP contribution in [0.25, 0.3) is 11.0 Å². The minimum Gasteiger partial charge on any atom is -0.467 e. The van der Waals surface area contributed by atoms with Crippen molar-refractivity contribution >= 4 is 22.6 Å². The van der Waals surface area contributed by atoms with Crippen LogP contribution in [0.1, 0.15) is 27.9 Å². The van der Waals surface area contributed by atoms with E-state index in [-0.39, 0.29) is 22.6 Å². The molecule has 2 aromatic heterocycles. The number of anilines is 1. The van der Waals surface area contributed by atoms with Crippen molar-refractivity contribution in [2.75, 3.05) is 11.9 Å². The minimum atomic E-state index is -4.61. The van der Waals surface area contributed by atoms with Gasteiger partial charge >= 0.3 is 6.18 Å². The van der Waals surface area contributed by atoms with Gasteiger partial charge < -0.3 is 10.1 Å². The molecule has 0 aliphatic rings. The van der Waals surface area contributed by atoms with Crippen molar-refractivity contribution in [1.29, 1.82) is 0 Å². The zero-order chi connectivity index (χ0) is 21.5. The number of ether oxygens (including phenoxy) is 1. The van der Waals surface area contributed by atoms with Crippen LogP contribution < -0.4 is 10.1 Å². The van der Waals surface area contributed by atoms with Crippen molar-refractivity contribution < 1.29 is 22.7 Å². The Labute approximate surface area is 165 Å². The van der Waals surface area contributed by atoms with Gasteiger partial charge in [-0.15, -0.1) is 0 Å². The van der Waals surface area contributed by atoms with Crippen LogP contribution in [0.15, 0.2) is 18.2 Å². The quantitative estimate of drug-likeness (QED) is 0.704. The third kappa shape index (κ3) is 4.18. The van der Waals surface area contributed by atoms with E-state index in [4.69, 9.17) is 4.74 Å². The largest absolute Gasteiger partial charge is 0.467 e. The second-order valence-corrected chi connectivity index (χ2v) is 7.02. The lowest BCUT2D eigenvalue weighted by Gasteiger charge is -2.14. The Bertz CT molecular complexity index is 1080. The van der Waals surface area contributed by atoms with E-state index in [1.807, 2.05) is 32.9 Å². The van der Waals surface area contributed by atoms with Gasteiger partial charge in [0.05, 0.1) is 16.6 Å². The maximum absolute atomic E-state index is 13.5. The summed E-state index contributed by atoms with van der Waals surface area (Å²) < 4.78 is 47.0. The van der Waals surface area contributed by atoms with E-state index < -0.39 is 24.3 Å². The molecular weight excluding hydrogens is 385 g/mol. The van der Waals surface area contributed by atoms with Crippen molar-refractivity contribution in [3.63, 3.8) is 0 Å². The molecule has 0 aliphatic carbocycles. The van der Waals surface area contributed by atoms with Crippen molar-refractivity contribution in [1.82, 2.24) is 14.8 Å². The second kappa shape index (κ2) is 7.38. The number of rotatable bonds is 4. The normalized spacial score (nSPS) is 11.7. The van der Waals surface area contributed by atoms with Crippen molar-refractivity contribution in [2.45, 2.75) is 33.9 Å². The highest BCUT2D eigenvalue weighted by Crippen LogP contribution is 2.37. The number of amides is 1. The van der Waals surface area contributed by atoms with Gasteiger partial charge in [0.15, 0.2) is 12.3 Å². The van der Waals surface area contributed by atoms with E-state index in [2.05, 4.69) is 15.4 Å². The van der Waals surface area contributed by atoms with E-state index in [0.29, 0.717) is 5.69 Å². The third-order valence-corrected chi connectivity index (χ3v) is 4.54. The van der Waals surface area contributed by atoms with Crippen molar-refractivity contribution in [3.05, 3.63) is 46.1 Å². The van der Waals surface area contributed by atoms with E-state index in [1.165, 1.54) is 18.7 Å². The third-order valence-electron chi connectivity index (χ3n) is 4.54. The number of hydrogen-bond donors (Lipinski definition) is 1. The van der Waals surface area contributed by atoms with E-state index in [1.54, 1.807) is 0 Å². The number of aromatic nitrogens is 3. The van der Waals surface area contributed by atoms with E-state index in [9.17, 15) is 18.0 Å². The highest BCUT2D eigenvalue weighted by molar-refractivity contribution is 5.93. The molecule has 0 bridgehead atoms. The molecule has 0 aliphatic heterocycles. The van der Waals surface area contributed by atoms with Crippen LogP contribution in [0, 0.1) is 27.7 Å². The molecule has 0 saturated heterocycles. The zero-order valence-electron chi connectivity index (χ0n) is 16.7. The van der Waals surface area contributed by atoms with E-state index in [0.717, 1.165) is 22.8 Å². The Morgan fingerprint density at radius 1 is 1.14 bits per heavy atom. The molecule has 1 N–H and O–H groups in total. The van der Waals surface area contributed by atoms with Gasteiger partial charge in [0.1, 0.15) is 0 Å². The number of nitrogens with zero attached hydrogens (tertiary/aromatic N) is 3. The molecule has 0 unspecified atom stereocenters. The number of hydrogen-bond acceptors (Lipinski definition) is 4. The van der Waals surface area contributed by atoms with Crippen molar-refractivity contribution in [2.24, 2.45) is 7.05 Å². The van der Waals surface area contributed by atoms with Gasteiger partial charge in [0.2, 0.25) is 5.88 Å². The van der Waals surface area contributed by atoms with Gasteiger partial charge in [-0.2, -0.15) is 23.3 Å². The molecular formula is C20H21F3N4O2. The molecule has 1 amide bonds. The Morgan fingerprint density at radius 3 is 2.34 bits per heavy atom. The summed E-state index contributed by atoms with van der Waals surface area (Å²) in [5.41, 5.74) is 2.87. The number of nitrogens with one attached hydrogen (secondary N) is 1. The topological polar surface area (TPSA) is 69.0 Å². The molecule has 0 fully saturated rings. The van der Waals surface area contributed by atoms with Gasteiger partial charge in [-0.05, 0) is 38.8 Å². The van der Waals surface area contributed by atoms with Crippen LogP contribution in [-0.2, 0) is 18.0 Å². The first-order chi connectivity index (χ1) is 13.5. The van der Waals surface area contributed by atoms with Gasteiger partial charge in [-0.1, -0.05) is 17.7 Å². The molecule has 6 nitrogen and oxygen atoms in total. The van der Waals surface area contributed by atoms with E-state index >= 15 is 0 Å². The van der Waals surface area contributed by atoms with Gasteiger partial charge in [-0.3, -0.25) is 9.48 Å². The monoisotopic (exact) mass is 406 g/mol. The van der Waals surface area contributed by atoms with Crippen LogP contribution >= 0.6 is 0 Å². The standard InChI is InChI=1S/C20H21F3N4O2/c1-10-6-11(2)18(12(3)7-10)24-15(28)9-29-16-8-14(20(21,22)23)17-13(4)26-27(5)19(17)25-16/h6-8H,9H2,1-5H3,(H,24,28). The fourth-order valence-corrected chi connectivity index (χ4v) is 3.41. The molecule has 0 saturated carbocycles. The van der Waals surface area contributed by atoms with Gasteiger partial charge in [-0.25, -0.2) is 0 Å². The molecule has 0 spiro atoms. The lowest BCUT2D eigenvalue weighted by Crippen LogP contribution is -2.22. The lowest BCUT2D eigenvalue weighted by atomic mass is 10.1. The summed E-state index contributed by atoms with van der Waals surface area (Å²) >= 11 is 0. The number of fused-ring (bicyclic) bond motifs is 1. The molecule has 1 aromatic carbocycles. The number of carbonyl (C=O) groups excluding carboxylic acids is 1. The summed E-state index contributed by atoms with van der Waals surface area (Å²) in [5.74, 6) is -0.781. The summed E-state index contributed by atoms with van der Waals surface area (Å²) in [6.07, 6.45) is -4.61. The number of aryl methyl sites for hydroxylation is 5. The predicted octanol–water partition coefficient (Wildman–Crippen LogP) is 4.24. The average molecular weight is 406 g/mol. The summed E-state index contributed by atoms with van der Waals surface area (Å²) in [7, 11) is 1.50. The van der Waals surface area contributed by atoms with Crippen LogP contribution in [0.4, 0.5) is 18.9 Å². The molecule has 3 aromatic rings. The molecule has 0 radical (unpaired) electrons. The fourth-order valence-electron chi connectivity index (χ4n) is 3.41. The van der Waals surface area contributed by atoms with Gasteiger partial charge in [0, 0.05) is 18.8 Å². The number of alkyl halides is 3. The predicted molar refractivity (Wildman–Crippen MR) is 103 cm³/mol. The van der Waals surface area contributed by atoms with Crippen LogP contribution in [0.2, 0.25) is 0 Å². The molecule has 0 atom stereocenters. The number of pyridine rings is 1. The lowest BCUT2D eigenvalue weighted by molar-refractivity contribution is -0.136. The maximum Gasteiger partial charge on any atom is 0.417 e. The minimum absolute atomic E-state index is 0.0398. The maximum atomic E-state index is 13.5. The number of halogens is 3. The molecule has 29 heavy (non-hydrogen) atoms. The Morgan fingerprint density at radius 2 is 1.76 bits per heavy atom. The molecule has 154 valence electrons. The number of benzene rings is 1. The second-order valence-electron chi connectivity index (χ2n) is 7.02. The zero-order valence-corrected chi connectivity index (χ0v) is 16.7. The smallest absolute Gasteiger partial charge is 0.417 e. The Hall–Kier alpha value is -3.10. The van der Waals surface area contributed by atoms with Crippen LogP contribution in [0.3, 0.4) is 0 Å². The molecule has 3 rings (SSSR count). The fraction of sp³-hybridized carbons (Fsp3) is 0.350. The first-order valence-electron chi connectivity index (χ1n) is 8.89. The average Bonchev–Trinajstić information content (AvgIpc) is 2.89. The molecule has 2 heterocycles. The summed E-state index contributed by atoms with van der Waals surface area (Å²) in [4.78, 5) is 16.4. The Kier molecular flexibility index (Phi) is 5.25. The SMILES string of the molecule is Cc1cc(C)c(NC(=O)COc2cc(C(F)(F)F)c3c(C)nn(C)c3n2)c(C)c1. The van der Waals surface area contributed by atoms with Crippen LogP contribution in [0.5, 0.6) is 5.88 Å². The van der Waals surface area contributed by atoms with Crippen LogP contribution in [-0.4, -0.2) is 27.3 Å². The number of carbonyl (C=O) groups is 1. The first kappa shape index (κ1) is 20.6. The highest BCUT2D eigenvalue weighted by Gasteiger charge is 2.35. The summed E-state index contributed by atoms with van der Waals surface area (Å²) in [5, 5.41) is 6.66. The highest BCUT2D eigenvalue weighted by atomic mass is 19.4. The summed E-state index contributed by atoms with van der Waals surface area (Å²) in [6.45, 7) is 6.70. The Balaban J connectivity index is 1.84.